The molecule has 0 radical (unpaired) electrons. The molecule has 0 spiro atoms. The van der Waals surface area contributed by atoms with E-state index in [1.807, 2.05) is 12.3 Å². The minimum Gasteiger partial charge on any atom is -0.356 e. The summed E-state index contributed by atoms with van der Waals surface area (Å²) in [6.07, 6.45) is 2.84. The Balaban J connectivity index is 0.00000288. The van der Waals surface area contributed by atoms with Gasteiger partial charge in [-0.25, -0.2) is 4.98 Å². The first-order valence-corrected chi connectivity index (χ1v) is 8.74. The zero-order chi connectivity index (χ0) is 16.7. The number of benzene rings is 1. The first-order chi connectivity index (χ1) is 11.0. The Kier molecular flexibility index (Phi) is 8.69. The van der Waals surface area contributed by atoms with Crippen LogP contribution < -0.4 is 10.6 Å². The van der Waals surface area contributed by atoms with Crippen molar-refractivity contribution in [1.29, 1.82) is 0 Å². The lowest BCUT2D eigenvalue weighted by Crippen LogP contribution is -2.44. The van der Waals surface area contributed by atoms with E-state index in [-0.39, 0.29) is 29.4 Å². The van der Waals surface area contributed by atoms with E-state index in [1.165, 1.54) is 10.4 Å². The summed E-state index contributed by atoms with van der Waals surface area (Å²) in [7, 11) is 1.80. The molecule has 0 aliphatic heterocycles. The van der Waals surface area contributed by atoms with Gasteiger partial charge in [-0.3, -0.25) is 4.99 Å². The normalized spacial score (nSPS) is 11.8. The molecule has 0 amide bonds. The highest BCUT2D eigenvalue weighted by molar-refractivity contribution is 14.0. The van der Waals surface area contributed by atoms with Gasteiger partial charge in [0.1, 0.15) is 0 Å². The Hall–Kier alpha value is -1.15. The molecule has 132 valence electrons. The fourth-order valence-corrected chi connectivity index (χ4v) is 3.11. The van der Waals surface area contributed by atoms with E-state index < -0.39 is 0 Å². The van der Waals surface area contributed by atoms with E-state index in [4.69, 9.17) is 0 Å². The van der Waals surface area contributed by atoms with Crippen molar-refractivity contribution in [1.82, 2.24) is 15.6 Å². The van der Waals surface area contributed by atoms with Crippen molar-refractivity contribution in [3.8, 4) is 0 Å². The number of thiazole rings is 1. The number of aliphatic imine (C=N–C) groups is 1. The summed E-state index contributed by atoms with van der Waals surface area (Å²) in [5.41, 5.74) is 1.37. The molecule has 1 aromatic heterocycles. The summed E-state index contributed by atoms with van der Waals surface area (Å²) in [5, 5.41) is 7.94. The van der Waals surface area contributed by atoms with Crippen LogP contribution in [0.15, 0.2) is 41.5 Å². The van der Waals surface area contributed by atoms with Gasteiger partial charge in [0.25, 0.3) is 0 Å². The smallest absolute Gasteiger partial charge is 0.191 e. The molecule has 24 heavy (non-hydrogen) atoms. The molecule has 2 aromatic rings. The highest BCUT2D eigenvalue weighted by atomic mass is 127. The van der Waals surface area contributed by atoms with Crippen LogP contribution in [0.1, 0.15) is 29.3 Å². The summed E-state index contributed by atoms with van der Waals surface area (Å²) >= 11 is 1.75. The van der Waals surface area contributed by atoms with Crippen molar-refractivity contribution in [3.63, 3.8) is 0 Å². The predicted octanol–water partition coefficient (Wildman–Crippen LogP) is 3.75. The van der Waals surface area contributed by atoms with E-state index in [1.54, 1.807) is 18.4 Å². The van der Waals surface area contributed by atoms with Gasteiger partial charge in [0.05, 0.1) is 5.01 Å². The molecule has 2 N–H and O–H groups in total. The number of nitrogens with zero attached hydrogens (tertiary/aromatic N) is 2. The zero-order valence-electron chi connectivity index (χ0n) is 14.8. The Labute approximate surface area is 166 Å². The predicted molar refractivity (Wildman–Crippen MR) is 115 cm³/mol. The van der Waals surface area contributed by atoms with E-state index in [2.05, 4.69) is 65.6 Å². The number of rotatable bonds is 6. The Bertz CT molecular complexity index is 637. The van der Waals surface area contributed by atoms with Crippen molar-refractivity contribution in [2.45, 2.75) is 32.6 Å². The molecule has 2 rings (SSSR count). The van der Waals surface area contributed by atoms with E-state index >= 15 is 0 Å². The van der Waals surface area contributed by atoms with Gasteiger partial charge in [0.15, 0.2) is 5.96 Å². The third kappa shape index (κ3) is 6.39. The van der Waals surface area contributed by atoms with Crippen LogP contribution in [0, 0.1) is 6.92 Å². The molecule has 6 heteroatoms. The molecule has 0 atom stereocenters. The van der Waals surface area contributed by atoms with Crippen molar-refractivity contribution in [2.75, 3.05) is 20.1 Å². The van der Waals surface area contributed by atoms with E-state index in [0.29, 0.717) is 0 Å². The van der Waals surface area contributed by atoms with Crippen LogP contribution in [-0.4, -0.2) is 31.1 Å². The van der Waals surface area contributed by atoms with Crippen LogP contribution in [-0.2, 0) is 11.8 Å². The first-order valence-electron chi connectivity index (χ1n) is 7.92. The maximum atomic E-state index is 4.38. The van der Waals surface area contributed by atoms with Gasteiger partial charge >= 0.3 is 0 Å². The lowest BCUT2D eigenvalue weighted by molar-refractivity contribution is 0.508. The average Bonchev–Trinajstić information content (AvgIpc) is 2.97. The molecule has 0 fully saturated rings. The maximum absolute atomic E-state index is 4.38. The minimum atomic E-state index is 0. The molecular weight excluding hydrogens is 431 g/mol. The van der Waals surface area contributed by atoms with Gasteiger partial charge in [-0.05, 0) is 12.5 Å². The van der Waals surface area contributed by atoms with Gasteiger partial charge in [-0.15, -0.1) is 35.3 Å². The minimum absolute atomic E-state index is 0. The molecule has 0 saturated carbocycles. The van der Waals surface area contributed by atoms with Gasteiger partial charge in [0, 0.05) is 43.0 Å². The lowest BCUT2D eigenvalue weighted by atomic mass is 9.85. The molecule has 1 heterocycles. The van der Waals surface area contributed by atoms with Crippen LogP contribution in [0.3, 0.4) is 0 Å². The molecular formula is C18H27IN4S. The number of hydrogen-bond acceptors (Lipinski definition) is 3. The SMILES string of the molecule is CN=C(NCCc1ncc(C)s1)NCC(C)(C)c1ccccc1.I. The summed E-state index contributed by atoms with van der Waals surface area (Å²) < 4.78 is 0. The topological polar surface area (TPSA) is 49.3 Å². The fourth-order valence-electron chi connectivity index (χ4n) is 2.32. The van der Waals surface area contributed by atoms with Gasteiger partial charge in [-0.1, -0.05) is 44.2 Å². The summed E-state index contributed by atoms with van der Waals surface area (Å²) in [6.45, 7) is 8.22. The van der Waals surface area contributed by atoms with Crippen molar-refractivity contribution < 1.29 is 0 Å². The highest BCUT2D eigenvalue weighted by Gasteiger charge is 2.20. The van der Waals surface area contributed by atoms with Crippen molar-refractivity contribution in [2.24, 2.45) is 4.99 Å². The second-order valence-corrected chi connectivity index (χ2v) is 7.54. The highest BCUT2D eigenvalue weighted by Crippen LogP contribution is 2.21. The van der Waals surface area contributed by atoms with Crippen molar-refractivity contribution >= 4 is 41.3 Å². The third-order valence-electron chi connectivity index (χ3n) is 3.78. The Morgan fingerprint density at radius 1 is 1.21 bits per heavy atom. The van der Waals surface area contributed by atoms with Gasteiger partial charge in [0.2, 0.25) is 0 Å². The summed E-state index contributed by atoms with van der Waals surface area (Å²) in [4.78, 5) is 9.94. The first kappa shape index (κ1) is 20.9. The second kappa shape index (κ2) is 9.98. The quantitative estimate of drug-likeness (QED) is 0.394. The molecule has 0 unspecified atom stereocenters. The molecule has 0 aliphatic rings. The monoisotopic (exact) mass is 458 g/mol. The third-order valence-corrected chi connectivity index (χ3v) is 4.75. The second-order valence-electron chi connectivity index (χ2n) is 6.22. The molecule has 0 bridgehead atoms. The Morgan fingerprint density at radius 3 is 2.50 bits per heavy atom. The van der Waals surface area contributed by atoms with Crippen LogP contribution in [0.4, 0.5) is 0 Å². The van der Waals surface area contributed by atoms with Crippen LogP contribution >= 0.6 is 35.3 Å². The number of nitrogens with one attached hydrogen (secondary N) is 2. The standard InChI is InChI=1S/C18H26N4S.HI/c1-14-12-21-16(23-14)10-11-20-17(19-4)22-13-18(2,3)15-8-6-5-7-9-15;/h5-9,12H,10-11,13H2,1-4H3,(H2,19,20,22);1H. The van der Waals surface area contributed by atoms with Gasteiger partial charge in [-0.2, -0.15) is 0 Å². The number of aryl methyl sites for hydroxylation is 1. The average molecular weight is 458 g/mol. The lowest BCUT2D eigenvalue weighted by Gasteiger charge is -2.26. The number of aromatic nitrogens is 1. The molecule has 0 saturated heterocycles. The zero-order valence-corrected chi connectivity index (χ0v) is 17.9. The number of hydrogen-bond donors (Lipinski definition) is 2. The largest absolute Gasteiger partial charge is 0.356 e. The van der Waals surface area contributed by atoms with Crippen LogP contribution in [0.25, 0.3) is 0 Å². The molecule has 0 aliphatic carbocycles. The number of guanidine groups is 1. The van der Waals surface area contributed by atoms with Crippen LogP contribution in [0.5, 0.6) is 0 Å². The van der Waals surface area contributed by atoms with Crippen molar-refractivity contribution in [3.05, 3.63) is 52.0 Å². The maximum Gasteiger partial charge on any atom is 0.191 e. The Morgan fingerprint density at radius 2 is 1.92 bits per heavy atom. The number of halogens is 1. The van der Waals surface area contributed by atoms with E-state index in [9.17, 15) is 0 Å². The van der Waals surface area contributed by atoms with E-state index in [0.717, 1.165) is 30.5 Å². The summed E-state index contributed by atoms with van der Waals surface area (Å²) in [5.74, 6) is 0.835. The summed E-state index contributed by atoms with van der Waals surface area (Å²) in [6, 6.07) is 10.6. The fraction of sp³-hybridized carbons (Fsp3) is 0.444. The van der Waals surface area contributed by atoms with Crippen LogP contribution in [0.2, 0.25) is 0 Å². The van der Waals surface area contributed by atoms with Gasteiger partial charge < -0.3 is 10.6 Å². The molecule has 4 nitrogen and oxygen atoms in total. The molecule has 1 aromatic carbocycles.